The highest BCUT2D eigenvalue weighted by atomic mass is 19.1. The van der Waals surface area contributed by atoms with Crippen LogP contribution in [-0.4, -0.2) is 35.0 Å². The number of halogens is 2. The van der Waals surface area contributed by atoms with Gasteiger partial charge in [-0.25, -0.2) is 8.78 Å². The molecule has 1 aliphatic rings. The van der Waals surface area contributed by atoms with E-state index >= 15 is 0 Å². The topological polar surface area (TPSA) is 57.6 Å². The molecule has 0 saturated carbocycles. The molecule has 1 N–H and O–H groups in total. The molecule has 1 amide bonds. The fourth-order valence-electron chi connectivity index (χ4n) is 2.33. The maximum Gasteiger partial charge on any atom is 0.306 e. The van der Waals surface area contributed by atoms with Crippen LogP contribution in [0.5, 0.6) is 0 Å². The Bertz CT molecular complexity index is 525. The standard InChI is InChI=1S/C14H15F2NO3/c15-11-1-2-12(16)10(7-11)8-13(18)17-5-3-9(4-6-17)14(19)20/h1-2,7,9H,3-6,8H2,(H,19,20). The number of hydrogen-bond acceptors (Lipinski definition) is 2. The van der Waals surface area contributed by atoms with E-state index in [-0.39, 0.29) is 17.9 Å². The third-order valence-corrected chi connectivity index (χ3v) is 3.55. The molecule has 1 heterocycles. The van der Waals surface area contributed by atoms with Crippen LogP contribution in [0.25, 0.3) is 0 Å². The van der Waals surface area contributed by atoms with Crippen LogP contribution in [0.4, 0.5) is 8.78 Å². The van der Waals surface area contributed by atoms with Crippen molar-refractivity contribution in [1.29, 1.82) is 0 Å². The highest BCUT2D eigenvalue weighted by molar-refractivity contribution is 5.79. The first-order chi connectivity index (χ1) is 9.47. The van der Waals surface area contributed by atoms with Gasteiger partial charge in [-0.05, 0) is 31.0 Å². The van der Waals surface area contributed by atoms with Crippen molar-refractivity contribution in [3.8, 4) is 0 Å². The van der Waals surface area contributed by atoms with Crippen LogP contribution >= 0.6 is 0 Å². The maximum absolute atomic E-state index is 13.4. The van der Waals surface area contributed by atoms with Crippen LogP contribution in [0, 0.1) is 17.6 Å². The molecule has 0 spiro atoms. The third-order valence-electron chi connectivity index (χ3n) is 3.55. The van der Waals surface area contributed by atoms with E-state index in [1.54, 1.807) is 0 Å². The number of benzene rings is 1. The summed E-state index contributed by atoms with van der Waals surface area (Å²) in [7, 11) is 0. The number of nitrogens with zero attached hydrogens (tertiary/aromatic N) is 1. The number of amides is 1. The number of piperidine rings is 1. The van der Waals surface area contributed by atoms with Crippen LogP contribution in [0.1, 0.15) is 18.4 Å². The zero-order valence-corrected chi connectivity index (χ0v) is 10.8. The average Bonchev–Trinajstić information content (AvgIpc) is 2.43. The Morgan fingerprint density at radius 3 is 2.50 bits per heavy atom. The van der Waals surface area contributed by atoms with Gasteiger partial charge in [0.05, 0.1) is 12.3 Å². The van der Waals surface area contributed by atoms with E-state index in [0.29, 0.717) is 25.9 Å². The molecule has 1 aromatic carbocycles. The fraction of sp³-hybridized carbons (Fsp3) is 0.429. The van der Waals surface area contributed by atoms with Gasteiger partial charge in [-0.2, -0.15) is 0 Å². The lowest BCUT2D eigenvalue weighted by Gasteiger charge is -2.30. The van der Waals surface area contributed by atoms with E-state index in [0.717, 1.165) is 18.2 Å². The largest absolute Gasteiger partial charge is 0.481 e. The Labute approximate surface area is 115 Å². The third kappa shape index (κ3) is 3.31. The predicted octanol–water partition coefficient (Wildman–Crippen LogP) is 1.83. The van der Waals surface area contributed by atoms with E-state index in [2.05, 4.69) is 0 Å². The van der Waals surface area contributed by atoms with Crippen LogP contribution in [0.15, 0.2) is 18.2 Å². The lowest BCUT2D eigenvalue weighted by Crippen LogP contribution is -2.41. The zero-order chi connectivity index (χ0) is 14.7. The Morgan fingerprint density at radius 2 is 1.90 bits per heavy atom. The SMILES string of the molecule is O=C(O)C1CCN(C(=O)Cc2cc(F)ccc2F)CC1. The first kappa shape index (κ1) is 14.4. The second kappa shape index (κ2) is 5.98. The number of rotatable bonds is 3. The van der Waals surface area contributed by atoms with Crippen molar-refractivity contribution in [1.82, 2.24) is 4.90 Å². The number of carbonyl (C=O) groups excluding carboxylic acids is 1. The molecule has 0 radical (unpaired) electrons. The van der Waals surface area contributed by atoms with E-state index in [9.17, 15) is 18.4 Å². The van der Waals surface area contributed by atoms with Crippen molar-refractivity contribution in [2.75, 3.05) is 13.1 Å². The molecule has 0 aromatic heterocycles. The molecule has 1 aromatic rings. The van der Waals surface area contributed by atoms with Gasteiger partial charge in [0.15, 0.2) is 0 Å². The smallest absolute Gasteiger partial charge is 0.306 e. The van der Waals surface area contributed by atoms with Crippen molar-refractivity contribution >= 4 is 11.9 Å². The summed E-state index contributed by atoms with van der Waals surface area (Å²) in [5, 5.41) is 8.87. The summed E-state index contributed by atoms with van der Waals surface area (Å²) in [6.07, 6.45) is 0.584. The Morgan fingerprint density at radius 1 is 1.25 bits per heavy atom. The molecule has 20 heavy (non-hydrogen) atoms. The first-order valence-electron chi connectivity index (χ1n) is 6.42. The molecule has 0 atom stereocenters. The van der Waals surface area contributed by atoms with Gasteiger partial charge in [0.25, 0.3) is 0 Å². The minimum Gasteiger partial charge on any atom is -0.481 e. The van der Waals surface area contributed by atoms with E-state index in [1.165, 1.54) is 4.90 Å². The van der Waals surface area contributed by atoms with Gasteiger partial charge in [-0.15, -0.1) is 0 Å². The van der Waals surface area contributed by atoms with Gasteiger partial charge in [0, 0.05) is 18.7 Å². The number of carbonyl (C=O) groups is 2. The second-order valence-corrected chi connectivity index (χ2v) is 4.91. The lowest BCUT2D eigenvalue weighted by atomic mass is 9.96. The van der Waals surface area contributed by atoms with Gasteiger partial charge in [0.1, 0.15) is 11.6 Å². The van der Waals surface area contributed by atoms with Gasteiger partial charge >= 0.3 is 5.97 Å². The minimum atomic E-state index is -0.853. The van der Waals surface area contributed by atoms with Crippen LogP contribution in [0.3, 0.4) is 0 Å². The molecule has 1 fully saturated rings. The summed E-state index contributed by atoms with van der Waals surface area (Å²) in [4.78, 5) is 24.3. The summed E-state index contributed by atoms with van der Waals surface area (Å²) in [5.74, 6) is -2.78. The van der Waals surface area contributed by atoms with Crippen molar-refractivity contribution in [3.63, 3.8) is 0 Å². The highest BCUT2D eigenvalue weighted by Gasteiger charge is 2.27. The number of carboxylic acids is 1. The normalized spacial score (nSPS) is 16.2. The molecule has 2 rings (SSSR count). The molecular weight excluding hydrogens is 268 g/mol. The number of hydrogen-bond donors (Lipinski definition) is 1. The maximum atomic E-state index is 13.4. The number of carboxylic acid groups (broad SMARTS) is 1. The van der Waals surface area contributed by atoms with E-state index in [4.69, 9.17) is 5.11 Å². The second-order valence-electron chi connectivity index (χ2n) is 4.91. The molecule has 6 heteroatoms. The van der Waals surface area contributed by atoms with Crippen molar-refractivity contribution in [3.05, 3.63) is 35.4 Å². The lowest BCUT2D eigenvalue weighted by molar-refractivity contribution is -0.145. The summed E-state index contributed by atoms with van der Waals surface area (Å²) in [6.45, 7) is 0.680. The summed E-state index contributed by atoms with van der Waals surface area (Å²) in [6, 6.07) is 3.01. The molecule has 0 aliphatic carbocycles. The van der Waals surface area contributed by atoms with Crippen molar-refractivity contribution in [2.24, 2.45) is 5.92 Å². The fourth-order valence-corrected chi connectivity index (χ4v) is 2.33. The van der Waals surface area contributed by atoms with Crippen LogP contribution in [-0.2, 0) is 16.0 Å². The predicted molar refractivity (Wildman–Crippen MR) is 67.0 cm³/mol. The van der Waals surface area contributed by atoms with Gasteiger partial charge in [-0.1, -0.05) is 0 Å². The monoisotopic (exact) mass is 283 g/mol. The number of likely N-dealkylation sites (tertiary alicyclic amines) is 1. The molecule has 1 saturated heterocycles. The van der Waals surface area contributed by atoms with Crippen LogP contribution < -0.4 is 0 Å². The zero-order valence-electron chi connectivity index (χ0n) is 10.8. The Balaban J connectivity index is 1.96. The van der Waals surface area contributed by atoms with Crippen LogP contribution in [0.2, 0.25) is 0 Å². The van der Waals surface area contributed by atoms with E-state index in [1.807, 2.05) is 0 Å². The highest BCUT2D eigenvalue weighted by Crippen LogP contribution is 2.19. The first-order valence-corrected chi connectivity index (χ1v) is 6.42. The number of aliphatic carboxylic acids is 1. The molecule has 0 unspecified atom stereocenters. The molecule has 1 aliphatic heterocycles. The average molecular weight is 283 g/mol. The van der Waals surface area contributed by atoms with E-state index < -0.39 is 23.5 Å². The molecule has 108 valence electrons. The van der Waals surface area contributed by atoms with Gasteiger partial charge in [0.2, 0.25) is 5.91 Å². The van der Waals surface area contributed by atoms with Gasteiger partial charge < -0.3 is 10.0 Å². The van der Waals surface area contributed by atoms with Crippen molar-refractivity contribution in [2.45, 2.75) is 19.3 Å². The Hall–Kier alpha value is -1.98. The summed E-state index contributed by atoms with van der Waals surface area (Å²) >= 11 is 0. The minimum absolute atomic E-state index is 0.0235. The molecule has 0 bridgehead atoms. The Kier molecular flexibility index (Phi) is 4.32. The molecule has 4 nitrogen and oxygen atoms in total. The van der Waals surface area contributed by atoms with Gasteiger partial charge in [-0.3, -0.25) is 9.59 Å². The quantitative estimate of drug-likeness (QED) is 0.920. The summed E-state index contributed by atoms with van der Waals surface area (Å²) < 4.78 is 26.5. The summed E-state index contributed by atoms with van der Waals surface area (Å²) in [5.41, 5.74) is 0.0235. The van der Waals surface area contributed by atoms with Crippen molar-refractivity contribution < 1.29 is 23.5 Å². The molecular formula is C14H15F2NO3.